The Morgan fingerprint density at radius 3 is 2.61 bits per heavy atom. The molecule has 2 aromatic carbocycles. The highest BCUT2D eigenvalue weighted by molar-refractivity contribution is 7.98. The lowest BCUT2D eigenvalue weighted by atomic mass is 10.2. The Labute approximate surface area is 135 Å². The molecule has 3 aromatic rings. The second kappa shape index (κ2) is 6.21. The third-order valence-corrected chi connectivity index (χ3v) is 4.18. The van der Waals surface area contributed by atoms with Crippen molar-refractivity contribution in [1.29, 1.82) is 0 Å². The van der Waals surface area contributed by atoms with E-state index in [4.69, 9.17) is 0 Å². The SMILES string of the molecule is CSc1nc(=O)c2ccc([N+](=O)[O-])cc2n1Cc1ccccc1. The van der Waals surface area contributed by atoms with E-state index in [0.29, 0.717) is 22.6 Å². The number of thioether (sulfide) groups is 1. The highest BCUT2D eigenvalue weighted by Gasteiger charge is 2.14. The Bertz CT molecular complexity index is 938. The topological polar surface area (TPSA) is 78.0 Å². The van der Waals surface area contributed by atoms with Crippen molar-refractivity contribution >= 4 is 28.4 Å². The van der Waals surface area contributed by atoms with Crippen molar-refractivity contribution in [2.24, 2.45) is 0 Å². The zero-order valence-corrected chi connectivity index (χ0v) is 13.1. The molecule has 0 fully saturated rings. The summed E-state index contributed by atoms with van der Waals surface area (Å²) in [5.74, 6) is 0. The monoisotopic (exact) mass is 327 g/mol. The highest BCUT2D eigenvalue weighted by Crippen LogP contribution is 2.23. The van der Waals surface area contributed by atoms with Gasteiger partial charge in [0.25, 0.3) is 11.2 Å². The second-order valence-electron chi connectivity index (χ2n) is 4.93. The predicted molar refractivity (Wildman–Crippen MR) is 90.0 cm³/mol. The quantitative estimate of drug-likeness (QED) is 0.318. The number of hydrogen-bond acceptors (Lipinski definition) is 5. The smallest absolute Gasteiger partial charge is 0.281 e. The van der Waals surface area contributed by atoms with Gasteiger partial charge in [-0.15, -0.1) is 0 Å². The fourth-order valence-electron chi connectivity index (χ4n) is 2.42. The van der Waals surface area contributed by atoms with Gasteiger partial charge < -0.3 is 4.57 Å². The fraction of sp³-hybridized carbons (Fsp3) is 0.125. The van der Waals surface area contributed by atoms with Crippen molar-refractivity contribution in [3.63, 3.8) is 0 Å². The van der Waals surface area contributed by atoms with Crippen LogP contribution in [-0.2, 0) is 6.54 Å². The largest absolute Gasteiger partial charge is 0.315 e. The molecule has 0 aliphatic carbocycles. The van der Waals surface area contributed by atoms with Crippen LogP contribution in [0.4, 0.5) is 5.69 Å². The van der Waals surface area contributed by atoms with Crippen LogP contribution < -0.4 is 5.56 Å². The van der Waals surface area contributed by atoms with Crippen molar-refractivity contribution in [2.45, 2.75) is 11.7 Å². The first-order valence-electron chi connectivity index (χ1n) is 6.87. The van der Waals surface area contributed by atoms with Crippen LogP contribution in [0.15, 0.2) is 58.5 Å². The van der Waals surface area contributed by atoms with Crippen LogP contribution in [0.25, 0.3) is 10.9 Å². The number of rotatable bonds is 4. The number of non-ortho nitro benzene ring substituents is 1. The first-order valence-corrected chi connectivity index (χ1v) is 8.09. The average molecular weight is 327 g/mol. The lowest BCUT2D eigenvalue weighted by Gasteiger charge is -2.14. The maximum Gasteiger partial charge on any atom is 0.281 e. The molecule has 0 aliphatic heterocycles. The molecule has 0 aliphatic rings. The van der Waals surface area contributed by atoms with Gasteiger partial charge in [-0.05, 0) is 17.9 Å². The molecule has 0 saturated heterocycles. The Kier molecular flexibility index (Phi) is 4.12. The first kappa shape index (κ1) is 15.2. The van der Waals surface area contributed by atoms with Crippen LogP contribution in [0.3, 0.4) is 0 Å². The molecule has 0 spiro atoms. The number of fused-ring (bicyclic) bond motifs is 1. The third kappa shape index (κ3) is 2.95. The molecule has 0 radical (unpaired) electrons. The molecule has 3 rings (SSSR count). The van der Waals surface area contributed by atoms with Crippen molar-refractivity contribution in [2.75, 3.05) is 6.26 Å². The molecule has 0 N–H and O–H groups in total. The van der Waals surface area contributed by atoms with E-state index in [9.17, 15) is 14.9 Å². The van der Waals surface area contributed by atoms with Gasteiger partial charge in [-0.2, -0.15) is 4.98 Å². The lowest BCUT2D eigenvalue weighted by molar-refractivity contribution is -0.384. The van der Waals surface area contributed by atoms with Crippen molar-refractivity contribution in [3.05, 3.63) is 74.6 Å². The standard InChI is InChI=1S/C16H13N3O3S/c1-23-16-17-15(20)13-8-7-12(19(21)22)9-14(13)18(16)10-11-5-3-2-4-6-11/h2-9H,10H2,1H3. The van der Waals surface area contributed by atoms with Crippen LogP contribution in [0.5, 0.6) is 0 Å². The molecule has 0 amide bonds. The van der Waals surface area contributed by atoms with E-state index < -0.39 is 4.92 Å². The number of benzene rings is 2. The number of hydrogen-bond donors (Lipinski definition) is 0. The minimum absolute atomic E-state index is 0.0445. The Morgan fingerprint density at radius 1 is 1.22 bits per heavy atom. The van der Waals surface area contributed by atoms with Gasteiger partial charge in [-0.3, -0.25) is 14.9 Å². The molecule has 6 nitrogen and oxygen atoms in total. The summed E-state index contributed by atoms with van der Waals surface area (Å²) in [4.78, 5) is 26.8. The van der Waals surface area contributed by atoms with Crippen molar-refractivity contribution < 1.29 is 4.92 Å². The van der Waals surface area contributed by atoms with Crippen LogP contribution in [0, 0.1) is 10.1 Å². The van der Waals surface area contributed by atoms with E-state index in [1.54, 1.807) is 0 Å². The van der Waals surface area contributed by atoms with Gasteiger partial charge >= 0.3 is 0 Å². The molecule has 1 aromatic heterocycles. The van der Waals surface area contributed by atoms with Crippen molar-refractivity contribution in [1.82, 2.24) is 9.55 Å². The Balaban J connectivity index is 2.27. The molecule has 0 saturated carbocycles. The molecule has 0 atom stereocenters. The third-order valence-electron chi connectivity index (χ3n) is 3.51. The van der Waals surface area contributed by atoms with Gasteiger partial charge in [0.1, 0.15) is 0 Å². The zero-order valence-electron chi connectivity index (χ0n) is 12.3. The summed E-state index contributed by atoms with van der Waals surface area (Å²) in [5.41, 5.74) is 1.13. The van der Waals surface area contributed by atoms with E-state index in [0.717, 1.165) is 5.56 Å². The van der Waals surface area contributed by atoms with E-state index >= 15 is 0 Å². The maximum atomic E-state index is 12.1. The average Bonchev–Trinajstić information content (AvgIpc) is 2.57. The molecule has 7 heteroatoms. The summed E-state index contributed by atoms with van der Waals surface area (Å²) in [6.45, 7) is 0.488. The number of nitro groups is 1. The van der Waals surface area contributed by atoms with E-state index in [2.05, 4.69) is 4.98 Å². The van der Waals surface area contributed by atoms with Gasteiger partial charge in [-0.1, -0.05) is 42.1 Å². The summed E-state index contributed by atoms with van der Waals surface area (Å²) < 4.78 is 1.84. The summed E-state index contributed by atoms with van der Waals surface area (Å²) in [5, 5.41) is 12.0. The van der Waals surface area contributed by atoms with Gasteiger partial charge in [-0.25, -0.2) is 0 Å². The van der Waals surface area contributed by atoms with Crippen LogP contribution in [0.1, 0.15) is 5.56 Å². The van der Waals surface area contributed by atoms with E-state index in [-0.39, 0.29) is 11.2 Å². The van der Waals surface area contributed by atoms with Gasteiger partial charge in [0.05, 0.1) is 22.4 Å². The normalized spacial score (nSPS) is 10.8. The molecular formula is C16H13N3O3S. The van der Waals surface area contributed by atoms with Crippen molar-refractivity contribution in [3.8, 4) is 0 Å². The van der Waals surface area contributed by atoms with Crippen LogP contribution >= 0.6 is 11.8 Å². The Hall–Kier alpha value is -2.67. The Morgan fingerprint density at radius 2 is 1.96 bits per heavy atom. The first-order chi connectivity index (χ1) is 11.1. The molecule has 0 bridgehead atoms. The highest BCUT2D eigenvalue weighted by atomic mass is 32.2. The molecule has 0 unspecified atom stereocenters. The zero-order chi connectivity index (χ0) is 16.4. The number of nitro benzene ring substituents is 1. The van der Waals surface area contributed by atoms with E-state index in [1.807, 2.05) is 41.2 Å². The number of nitrogens with zero attached hydrogens (tertiary/aromatic N) is 3. The molecule has 1 heterocycles. The fourth-order valence-corrected chi connectivity index (χ4v) is 2.98. The molecular weight excluding hydrogens is 314 g/mol. The number of aromatic nitrogens is 2. The summed E-state index contributed by atoms with van der Waals surface area (Å²) in [7, 11) is 0. The van der Waals surface area contributed by atoms with Crippen LogP contribution in [-0.4, -0.2) is 20.7 Å². The summed E-state index contributed by atoms with van der Waals surface area (Å²) in [6, 6.07) is 13.9. The second-order valence-corrected chi connectivity index (χ2v) is 5.71. The summed E-state index contributed by atoms with van der Waals surface area (Å²) in [6.07, 6.45) is 1.83. The molecule has 23 heavy (non-hydrogen) atoms. The summed E-state index contributed by atoms with van der Waals surface area (Å²) >= 11 is 1.34. The van der Waals surface area contributed by atoms with Gasteiger partial charge in [0, 0.05) is 12.1 Å². The van der Waals surface area contributed by atoms with Crippen LogP contribution in [0.2, 0.25) is 0 Å². The lowest BCUT2D eigenvalue weighted by Crippen LogP contribution is -2.16. The van der Waals surface area contributed by atoms with E-state index in [1.165, 1.54) is 30.0 Å². The van der Waals surface area contributed by atoms with Gasteiger partial charge in [0.15, 0.2) is 5.16 Å². The minimum atomic E-state index is -0.462. The molecule has 116 valence electrons. The predicted octanol–water partition coefficient (Wildman–Crippen LogP) is 3.07. The van der Waals surface area contributed by atoms with Gasteiger partial charge in [0.2, 0.25) is 0 Å². The maximum absolute atomic E-state index is 12.1. The minimum Gasteiger partial charge on any atom is -0.315 e.